The van der Waals surface area contributed by atoms with Crippen molar-refractivity contribution in [2.75, 3.05) is 0 Å². The maximum Gasteiger partial charge on any atom is 0.252 e. The van der Waals surface area contributed by atoms with Gasteiger partial charge in [0.15, 0.2) is 0 Å². The van der Waals surface area contributed by atoms with E-state index in [0.29, 0.717) is 18.1 Å². The van der Waals surface area contributed by atoms with E-state index in [1.54, 1.807) is 0 Å². The first-order valence-corrected chi connectivity index (χ1v) is 6.88. The molecular weight excluding hydrogens is 216 g/mol. The Hall–Kier alpha value is -0.610. The van der Waals surface area contributed by atoms with Crippen molar-refractivity contribution in [3.63, 3.8) is 0 Å². The molecule has 3 fully saturated rings. The van der Waals surface area contributed by atoms with Crippen LogP contribution < -0.4 is 5.73 Å². The Morgan fingerprint density at radius 3 is 2.35 bits per heavy atom. The van der Waals surface area contributed by atoms with Gasteiger partial charge in [-0.25, -0.2) is 0 Å². The lowest BCUT2D eigenvalue weighted by Crippen LogP contribution is -2.53. The summed E-state index contributed by atoms with van der Waals surface area (Å²) in [5.41, 5.74) is 6.02. The molecule has 0 saturated carbocycles. The zero-order valence-corrected chi connectivity index (χ0v) is 10.5. The summed E-state index contributed by atoms with van der Waals surface area (Å²) >= 11 is 0. The lowest BCUT2D eigenvalue weighted by Gasteiger charge is -2.38. The molecule has 3 rings (SSSR count). The van der Waals surface area contributed by atoms with Crippen LogP contribution in [0.25, 0.3) is 0 Å². The Labute approximate surface area is 102 Å². The van der Waals surface area contributed by atoms with Crippen LogP contribution in [0.5, 0.6) is 0 Å². The predicted molar refractivity (Wildman–Crippen MR) is 64.4 cm³/mol. The van der Waals surface area contributed by atoms with Gasteiger partial charge in [-0.15, -0.1) is 0 Å². The van der Waals surface area contributed by atoms with Crippen LogP contribution in [0, 0.1) is 0 Å². The van der Waals surface area contributed by atoms with Gasteiger partial charge >= 0.3 is 0 Å². The van der Waals surface area contributed by atoms with Gasteiger partial charge in [0.05, 0.1) is 6.10 Å². The van der Waals surface area contributed by atoms with Gasteiger partial charge in [-0.1, -0.05) is 0 Å². The quantitative estimate of drug-likeness (QED) is 0.742. The SMILES string of the molecule is CC1CCC(C(=O)N2C3CCC2CC(N)C3)O1. The molecule has 3 aliphatic rings. The number of carbonyl (C=O) groups is 1. The molecular formula is C13H22N2O2. The maximum atomic E-state index is 12.5. The molecule has 4 atom stereocenters. The number of nitrogens with zero attached hydrogens (tertiary/aromatic N) is 1. The summed E-state index contributed by atoms with van der Waals surface area (Å²) in [6, 6.07) is 1.06. The van der Waals surface area contributed by atoms with Gasteiger partial charge < -0.3 is 15.4 Å². The Morgan fingerprint density at radius 2 is 1.82 bits per heavy atom. The van der Waals surface area contributed by atoms with E-state index in [1.165, 1.54) is 0 Å². The van der Waals surface area contributed by atoms with Crippen LogP contribution in [0.4, 0.5) is 0 Å². The van der Waals surface area contributed by atoms with Gasteiger partial charge in [-0.05, 0) is 45.4 Å². The molecule has 3 aliphatic heterocycles. The zero-order valence-electron chi connectivity index (χ0n) is 10.5. The van der Waals surface area contributed by atoms with Crippen LogP contribution in [0.1, 0.15) is 45.4 Å². The fourth-order valence-electron chi connectivity index (χ4n) is 3.73. The highest BCUT2D eigenvalue weighted by Crippen LogP contribution is 2.36. The molecule has 4 heteroatoms. The van der Waals surface area contributed by atoms with Crippen LogP contribution in [0.2, 0.25) is 0 Å². The topological polar surface area (TPSA) is 55.6 Å². The number of fused-ring (bicyclic) bond motifs is 2. The van der Waals surface area contributed by atoms with Crippen LogP contribution >= 0.6 is 0 Å². The molecule has 3 saturated heterocycles. The maximum absolute atomic E-state index is 12.5. The first-order valence-electron chi connectivity index (χ1n) is 6.88. The van der Waals surface area contributed by atoms with Gasteiger partial charge in [0.1, 0.15) is 6.10 Å². The van der Waals surface area contributed by atoms with Gasteiger partial charge in [0.2, 0.25) is 0 Å². The van der Waals surface area contributed by atoms with Gasteiger partial charge in [0.25, 0.3) is 5.91 Å². The summed E-state index contributed by atoms with van der Waals surface area (Å²) < 4.78 is 5.71. The fraction of sp³-hybridized carbons (Fsp3) is 0.923. The molecule has 0 spiro atoms. The van der Waals surface area contributed by atoms with Gasteiger partial charge in [-0.3, -0.25) is 4.79 Å². The third-order valence-electron chi connectivity index (χ3n) is 4.53. The van der Waals surface area contributed by atoms with Crippen molar-refractivity contribution in [1.29, 1.82) is 0 Å². The van der Waals surface area contributed by atoms with Crippen molar-refractivity contribution in [3.8, 4) is 0 Å². The smallest absolute Gasteiger partial charge is 0.252 e. The summed E-state index contributed by atoms with van der Waals surface area (Å²) in [5.74, 6) is 0.230. The minimum atomic E-state index is -0.178. The largest absolute Gasteiger partial charge is 0.365 e. The second kappa shape index (κ2) is 4.25. The lowest BCUT2D eigenvalue weighted by molar-refractivity contribution is -0.147. The molecule has 4 nitrogen and oxygen atoms in total. The zero-order chi connectivity index (χ0) is 12.0. The Balaban J connectivity index is 1.70. The van der Waals surface area contributed by atoms with E-state index >= 15 is 0 Å². The van der Waals surface area contributed by atoms with Crippen molar-refractivity contribution in [3.05, 3.63) is 0 Å². The minimum Gasteiger partial charge on any atom is -0.365 e. The highest BCUT2D eigenvalue weighted by molar-refractivity contribution is 5.82. The van der Waals surface area contributed by atoms with Gasteiger partial charge in [-0.2, -0.15) is 0 Å². The third-order valence-corrected chi connectivity index (χ3v) is 4.53. The highest BCUT2D eigenvalue weighted by Gasteiger charge is 2.45. The summed E-state index contributed by atoms with van der Waals surface area (Å²) in [5, 5.41) is 0. The minimum absolute atomic E-state index is 0.178. The summed E-state index contributed by atoms with van der Waals surface area (Å²) in [6.07, 6.45) is 6.19. The van der Waals surface area contributed by atoms with Crippen LogP contribution in [-0.2, 0) is 9.53 Å². The molecule has 0 radical (unpaired) electrons. The first-order chi connectivity index (χ1) is 8.15. The standard InChI is InChI=1S/C13H22N2O2/c1-8-2-5-12(17-8)13(16)15-10-3-4-11(15)7-9(14)6-10/h8-12H,2-7,14H2,1H3. The molecule has 1 amide bonds. The van der Waals surface area contributed by atoms with Crippen molar-refractivity contribution in [2.24, 2.45) is 5.73 Å². The van der Waals surface area contributed by atoms with Crippen molar-refractivity contribution in [1.82, 2.24) is 4.90 Å². The molecule has 2 bridgehead atoms. The van der Waals surface area contributed by atoms with E-state index in [2.05, 4.69) is 4.90 Å². The lowest BCUT2D eigenvalue weighted by atomic mass is 9.97. The van der Waals surface area contributed by atoms with Crippen molar-refractivity contribution >= 4 is 5.91 Å². The molecule has 0 aromatic carbocycles. The number of amides is 1. The second-order valence-corrected chi connectivity index (χ2v) is 5.87. The summed E-state index contributed by atoms with van der Waals surface area (Å²) in [4.78, 5) is 14.6. The van der Waals surface area contributed by atoms with Crippen LogP contribution in [-0.4, -0.2) is 41.1 Å². The van der Waals surface area contributed by atoms with E-state index in [4.69, 9.17) is 10.5 Å². The second-order valence-electron chi connectivity index (χ2n) is 5.87. The molecule has 96 valence electrons. The van der Waals surface area contributed by atoms with Crippen molar-refractivity contribution in [2.45, 2.75) is 75.8 Å². The normalized spacial score (nSPS) is 45.3. The van der Waals surface area contributed by atoms with E-state index in [0.717, 1.165) is 38.5 Å². The van der Waals surface area contributed by atoms with E-state index < -0.39 is 0 Å². The molecule has 17 heavy (non-hydrogen) atoms. The third kappa shape index (κ3) is 1.97. The first kappa shape index (κ1) is 11.5. The molecule has 2 N–H and O–H groups in total. The molecule has 3 heterocycles. The van der Waals surface area contributed by atoms with Crippen LogP contribution in [0.15, 0.2) is 0 Å². The number of nitrogens with two attached hydrogens (primary N) is 1. The molecule has 0 aliphatic carbocycles. The van der Waals surface area contributed by atoms with Crippen molar-refractivity contribution < 1.29 is 9.53 Å². The number of hydrogen-bond donors (Lipinski definition) is 1. The monoisotopic (exact) mass is 238 g/mol. The summed E-state index contributed by atoms with van der Waals surface area (Å²) in [6.45, 7) is 2.05. The number of ether oxygens (including phenoxy) is 1. The van der Waals surface area contributed by atoms with E-state index in [9.17, 15) is 4.79 Å². The van der Waals surface area contributed by atoms with Crippen LogP contribution in [0.3, 0.4) is 0 Å². The molecule has 4 unspecified atom stereocenters. The highest BCUT2D eigenvalue weighted by atomic mass is 16.5. The Kier molecular flexibility index (Phi) is 2.87. The number of hydrogen-bond acceptors (Lipinski definition) is 3. The van der Waals surface area contributed by atoms with E-state index in [1.807, 2.05) is 6.92 Å². The molecule has 0 aromatic rings. The Morgan fingerprint density at radius 1 is 1.18 bits per heavy atom. The number of piperidine rings is 1. The molecule has 0 aromatic heterocycles. The predicted octanol–water partition coefficient (Wildman–Crippen LogP) is 1.03. The average Bonchev–Trinajstić information content (AvgIpc) is 2.81. The summed E-state index contributed by atoms with van der Waals surface area (Å²) in [7, 11) is 0. The number of carbonyl (C=O) groups excluding carboxylic acids is 1. The van der Waals surface area contributed by atoms with Gasteiger partial charge in [0, 0.05) is 18.1 Å². The number of rotatable bonds is 1. The Bertz CT molecular complexity index is 307. The fourth-order valence-corrected chi connectivity index (χ4v) is 3.73. The van der Waals surface area contributed by atoms with E-state index in [-0.39, 0.29) is 18.1 Å². The average molecular weight is 238 g/mol.